The van der Waals surface area contributed by atoms with E-state index in [-0.39, 0.29) is 30.3 Å². The molecule has 0 spiro atoms. The molecule has 1 amide bonds. The highest BCUT2D eigenvalue weighted by Crippen LogP contribution is 2.35. The molecule has 0 aromatic heterocycles. The zero-order chi connectivity index (χ0) is 28.2. The maximum absolute atomic E-state index is 13.3. The van der Waals surface area contributed by atoms with Crippen LogP contribution in [0.15, 0.2) is 83.8 Å². The first-order valence-corrected chi connectivity index (χ1v) is 16.1. The van der Waals surface area contributed by atoms with Crippen molar-refractivity contribution in [2.45, 2.75) is 29.6 Å². The number of benzene rings is 3. The van der Waals surface area contributed by atoms with Crippen molar-refractivity contribution >= 4 is 31.6 Å². The van der Waals surface area contributed by atoms with Crippen molar-refractivity contribution in [1.82, 2.24) is 9.62 Å². The van der Waals surface area contributed by atoms with E-state index in [0.717, 1.165) is 12.8 Å². The third kappa shape index (κ3) is 6.24. The largest absolute Gasteiger partial charge is 0.492 e. The van der Waals surface area contributed by atoms with Gasteiger partial charge in [-0.25, -0.2) is 16.8 Å². The Hall–Kier alpha value is -3.61. The van der Waals surface area contributed by atoms with Gasteiger partial charge >= 0.3 is 0 Å². The highest BCUT2D eigenvalue weighted by molar-refractivity contribution is 7.92. The van der Waals surface area contributed by atoms with Crippen LogP contribution in [0.2, 0.25) is 0 Å². The van der Waals surface area contributed by atoms with Gasteiger partial charge in [0.05, 0.1) is 29.4 Å². The van der Waals surface area contributed by atoms with Crippen molar-refractivity contribution in [3.8, 4) is 11.5 Å². The second kappa shape index (κ2) is 11.9. The molecule has 3 aromatic rings. The zero-order valence-corrected chi connectivity index (χ0v) is 23.4. The summed E-state index contributed by atoms with van der Waals surface area (Å²) >= 11 is 0. The first-order chi connectivity index (χ1) is 19.2. The van der Waals surface area contributed by atoms with Crippen molar-refractivity contribution in [2.24, 2.45) is 0 Å². The molecule has 2 aliphatic heterocycles. The summed E-state index contributed by atoms with van der Waals surface area (Å²) in [5, 5.41) is 2.73. The van der Waals surface area contributed by atoms with Gasteiger partial charge in [0.1, 0.15) is 18.1 Å². The fraction of sp³-hybridized carbons (Fsp3) is 0.321. The number of rotatable bonds is 10. The van der Waals surface area contributed by atoms with Gasteiger partial charge in [-0.2, -0.15) is 4.31 Å². The predicted octanol–water partition coefficient (Wildman–Crippen LogP) is 2.76. The number of nitrogens with one attached hydrogen (secondary N) is 1. The first kappa shape index (κ1) is 27.9. The van der Waals surface area contributed by atoms with E-state index in [1.54, 1.807) is 60.7 Å². The molecule has 0 saturated carbocycles. The molecule has 3 aromatic carbocycles. The van der Waals surface area contributed by atoms with E-state index in [9.17, 15) is 21.6 Å². The van der Waals surface area contributed by atoms with Gasteiger partial charge in [0.15, 0.2) is 6.10 Å². The molecule has 2 aliphatic rings. The highest BCUT2D eigenvalue weighted by atomic mass is 32.2. The number of carbonyl (C=O) groups excluding carboxylic acids is 1. The van der Waals surface area contributed by atoms with Crippen LogP contribution in [0, 0.1) is 0 Å². The Morgan fingerprint density at radius 3 is 2.30 bits per heavy atom. The van der Waals surface area contributed by atoms with Crippen LogP contribution in [0.3, 0.4) is 0 Å². The lowest BCUT2D eigenvalue weighted by atomic mass is 10.2. The Bertz CT molecular complexity index is 1540. The van der Waals surface area contributed by atoms with E-state index in [1.165, 1.54) is 20.7 Å². The van der Waals surface area contributed by atoms with Crippen molar-refractivity contribution < 1.29 is 31.1 Å². The van der Waals surface area contributed by atoms with Gasteiger partial charge in [0.2, 0.25) is 20.0 Å². The second-order valence-electron chi connectivity index (χ2n) is 9.57. The number of sulfonamides is 2. The number of hydrogen-bond acceptors (Lipinski definition) is 7. The molecule has 0 bridgehead atoms. The molecule has 1 N–H and O–H groups in total. The minimum absolute atomic E-state index is 0.128. The minimum Gasteiger partial charge on any atom is -0.492 e. The summed E-state index contributed by atoms with van der Waals surface area (Å²) in [4.78, 5) is 13.2. The van der Waals surface area contributed by atoms with E-state index in [0.29, 0.717) is 35.8 Å². The lowest BCUT2D eigenvalue weighted by molar-refractivity contribution is -0.127. The first-order valence-electron chi connectivity index (χ1n) is 13.0. The molecule has 0 unspecified atom stereocenters. The van der Waals surface area contributed by atoms with E-state index in [2.05, 4.69) is 5.32 Å². The Morgan fingerprint density at radius 2 is 1.57 bits per heavy atom. The molecule has 1 saturated heterocycles. The summed E-state index contributed by atoms with van der Waals surface area (Å²) in [6.07, 6.45) is 0.688. The molecule has 0 aliphatic carbocycles. The highest BCUT2D eigenvalue weighted by Gasteiger charge is 2.36. The number of fused-ring (bicyclic) bond motifs is 1. The number of amides is 1. The predicted molar refractivity (Wildman–Crippen MR) is 150 cm³/mol. The van der Waals surface area contributed by atoms with Crippen LogP contribution >= 0.6 is 0 Å². The molecule has 10 nitrogen and oxygen atoms in total. The molecule has 12 heteroatoms. The number of nitrogens with zero attached hydrogens (tertiary/aromatic N) is 2. The molecule has 212 valence electrons. The molecule has 5 rings (SSSR count). The summed E-state index contributed by atoms with van der Waals surface area (Å²) < 4.78 is 66.3. The van der Waals surface area contributed by atoms with Crippen LogP contribution < -0.4 is 19.1 Å². The van der Waals surface area contributed by atoms with Crippen LogP contribution in [0.25, 0.3) is 0 Å². The summed E-state index contributed by atoms with van der Waals surface area (Å²) in [5.74, 6) is 0.106. The van der Waals surface area contributed by atoms with E-state index in [1.807, 2.05) is 6.07 Å². The van der Waals surface area contributed by atoms with Crippen molar-refractivity contribution in [3.63, 3.8) is 0 Å². The maximum atomic E-state index is 13.3. The van der Waals surface area contributed by atoms with Crippen LogP contribution in [0.4, 0.5) is 5.69 Å². The van der Waals surface area contributed by atoms with Crippen molar-refractivity contribution in [3.05, 3.63) is 84.4 Å². The van der Waals surface area contributed by atoms with Crippen LogP contribution in [-0.4, -0.2) is 65.9 Å². The van der Waals surface area contributed by atoms with Crippen LogP contribution in [0.1, 0.15) is 18.4 Å². The number of para-hydroxylation sites is 2. The number of hydrogen-bond donors (Lipinski definition) is 1. The van der Waals surface area contributed by atoms with E-state index >= 15 is 0 Å². The molecule has 1 atom stereocenters. The van der Waals surface area contributed by atoms with Crippen molar-refractivity contribution in [1.29, 1.82) is 0 Å². The van der Waals surface area contributed by atoms with Gasteiger partial charge in [0.25, 0.3) is 5.91 Å². The summed E-state index contributed by atoms with van der Waals surface area (Å²) in [6.45, 7) is 1.18. The standard InChI is InChI=1S/C28H31N3O7S2/c32-28(29-16-19-37-23-12-14-24(15-13-23)40(35,36)30-17-6-7-18-30)27-20-31(25-10-4-5-11-26(25)38-27)39(33,34)21-22-8-2-1-3-9-22/h1-5,8-15,27H,6-7,16-21H2,(H,29,32)/t27-/m0/s1. The van der Waals surface area contributed by atoms with Gasteiger partial charge in [-0.3, -0.25) is 9.10 Å². The lowest BCUT2D eigenvalue weighted by Gasteiger charge is -2.34. The number of anilines is 1. The Labute approximate surface area is 234 Å². The molecule has 2 heterocycles. The number of carbonyl (C=O) groups is 1. The minimum atomic E-state index is -3.79. The van der Waals surface area contributed by atoms with Gasteiger partial charge in [-0.05, 0) is 54.8 Å². The van der Waals surface area contributed by atoms with Gasteiger partial charge < -0.3 is 14.8 Å². The topological polar surface area (TPSA) is 122 Å². The molecule has 40 heavy (non-hydrogen) atoms. The molecule has 1 fully saturated rings. The van der Waals surface area contributed by atoms with E-state index in [4.69, 9.17) is 9.47 Å². The Morgan fingerprint density at radius 1 is 0.900 bits per heavy atom. The second-order valence-corrected chi connectivity index (χ2v) is 13.4. The summed E-state index contributed by atoms with van der Waals surface area (Å²) in [6, 6.07) is 21.8. The van der Waals surface area contributed by atoms with Crippen LogP contribution in [-0.2, 0) is 30.6 Å². The lowest BCUT2D eigenvalue weighted by Crippen LogP contribution is -2.51. The SMILES string of the molecule is O=C(NCCOc1ccc(S(=O)(=O)N2CCCC2)cc1)[C@@H]1CN(S(=O)(=O)Cc2ccccc2)c2ccccc2O1. The van der Waals surface area contributed by atoms with Crippen molar-refractivity contribution in [2.75, 3.05) is 37.1 Å². The molecule has 0 radical (unpaired) electrons. The monoisotopic (exact) mass is 585 g/mol. The Kier molecular flexibility index (Phi) is 8.29. The van der Waals surface area contributed by atoms with Gasteiger partial charge in [-0.15, -0.1) is 0 Å². The average Bonchev–Trinajstić information content (AvgIpc) is 3.51. The van der Waals surface area contributed by atoms with Crippen LogP contribution in [0.5, 0.6) is 11.5 Å². The smallest absolute Gasteiger partial charge is 0.263 e. The maximum Gasteiger partial charge on any atom is 0.263 e. The average molecular weight is 586 g/mol. The van der Waals surface area contributed by atoms with E-state index < -0.39 is 32.1 Å². The third-order valence-corrected chi connectivity index (χ3v) is 10.4. The summed E-state index contributed by atoms with van der Waals surface area (Å²) in [5.41, 5.74) is 1.03. The fourth-order valence-corrected chi connectivity index (χ4v) is 7.81. The third-order valence-electron chi connectivity index (χ3n) is 6.75. The Balaban J connectivity index is 1.17. The fourth-order valence-electron chi connectivity index (χ4n) is 4.71. The molecular weight excluding hydrogens is 554 g/mol. The summed E-state index contributed by atoms with van der Waals surface area (Å²) in [7, 11) is -7.29. The van der Waals surface area contributed by atoms with Gasteiger partial charge in [0, 0.05) is 13.1 Å². The quantitative estimate of drug-likeness (QED) is 0.363. The van der Waals surface area contributed by atoms with Gasteiger partial charge in [-0.1, -0.05) is 42.5 Å². The number of ether oxygens (including phenoxy) is 2. The zero-order valence-electron chi connectivity index (χ0n) is 21.8. The normalized spacial score (nSPS) is 17.6. The molecular formula is C28H31N3O7S2.